The molecule has 1 N–H and O–H groups in total. The third-order valence-corrected chi connectivity index (χ3v) is 9.75. The molecule has 2 heterocycles. The fourth-order valence-corrected chi connectivity index (χ4v) is 6.67. The molecule has 1 aliphatic heterocycles. The summed E-state index contributed by atoms with van der Waals surface area (Å²) in [7, 11) is 0. The van der Waals surface area contributed by atoms with E-state index in [4.69, 9.17) is 0 Å². The Morgan fingerprint density at radius 2 is 1.58 bits per heavy atom. The van der Waals surface area contributed by atoms with E-state index in [-0.39, 0.29) is 66.1 Å². The zero-order valence-electron chi connectivity index (χ0n) is 29.5. The van der Waals surface area contributed by atoms with Gasteiger partial charge >= 0.3 is 0 Å². The van der Waals surface area contributed by atoms with Crippen LogP contribution in [0.2, 0.25) is 0 Å². The number of ketones is 4. The average molecular weight is 661 g/mol. The van der Waals surface area contributed by atoms with E-state index in [1.165, 1.54) is 18.6 Å². The van der Waals surface area contributed by atoms with Crippen LogP contribution in [0.1, 0.15) is 109 Å². The highest BCUT2D eigenvalue weighted by atomic mass is 16.2. The van der Waals surface area contributed by atoms with Gasteiger partial charge in [0.25, 0.3) is 5.91 Å². The summed E-state index contributed by atoms with van der Waals surface area (Å²) in [6.45, 7) is 13.5. The second-order valence-electron chi connectivity index (χ2n) is 13.8. The molecule has 0 bridgehead atoms. The first-order chi connectivity index (χ1) is 22.8. The molecule has 6 atom stereocenters. The molecule has 260 valence electrons. The quantitative estimate of drug-likeness (QED) is 0.209. The smallest absolute Gasteiger partial charge is 0.272 e. The van der Waals surface area contributed by atoms with Crippen LogP contribution >= 0.6 is 0 Å². The highest BCUT2D eigenvalue weighted by molar-refractivity contribution is 6.38. The molecule has 10 heteroatoms. The van der Waals surface area contributed by atoms with Crippen LogP contribution < -0.4 is 5.32 Å². The molecule has 0 spiro atoms. The highest BCUT2D eigenvalue weighted by Crippen LogP contribution is 2.33. The molecule has 1 aliphatic rings. The Morgan fingerprint density at radius 1 is 0.896 bits per heavy atom. The van der Waals surface area contributed by atoms with Gasteiger partial charge in [-0.15, -0.1) is 0 Å². The topological polar surface area (TPSA) is 143 Å². The van der Waals surface area contributed by atoms with Crippen LogP contribution in [0, 0.1) is 29.6 Å². The summed E-state index contributed by atoms with van der Waals surface area (Å²) >= 11 is 0. The minimum Gasteiger partial charge on any atom is -0.341 e. The molecule has 1 aromatic heterocycles. The zero-order chi connectivity index (χ0) is 35.5. The first-order valence-corrected chi connectivity index (χ1v) is 17.3. The molecule has 2 amide bonds. The largest absolute Gasteiger partial charge is 0.341 e. The molecule has 0 aliphatic carbocycles. The molecule has 1 fully saturated rings. The lowest BCUT2D eigenvalue weighted by molar-refractivity contribution is -0.146. The van der Waals surface area contributed by atoms with Crippen LogP contribution in [-0.4, -0.2) is 68.4 Å². The maximum Gasteiger partial charge on any atom is 0.272 e. The maximum atomic E-state index is 14.2. The monoisotopic (exact) mass is 660 g/mol. The van der Waals surface area contributed by atoms with Crippen molar-refractivity contribution in [3.63, 3.8) is 0 Å². The average Bonchev–Trinajstić information content (AvgIpc) is 3.52. The van der Waals surface area contributed by atoms with Gasteiger partial charge in [-0.05, 0) is 42.1 Å². The third-order valence-electron chi connectivity index (χ3n) is 9.75. The van der Waals surface area contributed by atoms with E-state index in [0.717, 1.165) is 5.56 Å². The number of carbonyl (C=O) groups is 6. The van der Waals surface area contributed by atoms with Crippen LogP contribution in [0.5, 0.6) is 0 Å². The fraction of sp³-hybridized carbons (Fsp3) is 0.579. The molecule has 1 saturated heterocycles. The molecular weight excluding hydrogens is 608 g/mol. The van der Waals surface area contributed by atoms with Crippen molar-refractivity contribution in [2.45, 2.75) is 105 Å². The number of likely N-dealkylation sites (tertiary alicyclic amines) is 1. The number of Topliss-reactive ketones (excluding diaryl/α,β-unsaturated/α-hetero) is 4. The van der Waals surface area contributed by atoms with Crippen LogP contribution in [0.25, 0.3) is 0 Å². The molecule has 2 aromatic rings. The van der Waals surface area contributed by atoms with Crippen molar-refractivity contribution in [2.24, 2.45) is 29.6 Å². The molecule has 10 nitrogen and oxygen atoms in total. The molecule has 1 aromatic carbocycles. The SMILES string of the molecule is CCC(CC(=O)[C@@H]1[C@@H](CC)CCN1C(=O)[C@@H](CC(=O)[C@@H](NC(=O)c1cnccn1)C(C)C)C(C)C)C(=O)C(=O)C[C@@H](C)c1ccccc1. The van der Waals surface area contributed by atoms with Gasteiger partial charge in [0.1, 0.15) is 5.69 Å². The van der Waals surface area contributed by atoms with Gasteiger partial charge in [-0.25, -0.2) is 4.98 Å². The van der Waals surface area contributed by atoms with Crippen LogP contribution in [0.15, 0.2) is 48.9 Å². The Bertz CT molecular complexity index is 1430. The van der Waals surface area contributed by atoms with E-state index in [0.29, 0.717) is 25.8 Å². The lowest BCUT2D eigenvalue weighted by atomic mass is 9.83. The van der Waals surface area contributed by atoms with E-state index in [1.54, 1.807) is 11.8 Å². The molecule has 0 radical (unpaired) electrons. The number of amides is 2. The van der Waals surface area contributed by atoms with Crippen molar-refractivity contribution >= 4 is 34.9 Å². The summed E-state index contributed by atoms with van der Waals surface area (Å²) in [5, 5.41) is 2.77. The molecule has 3 rings (SSSR count). The fourth-order valence-electron chi connectivity index (χ4n) is 6.67. The lowest BCUT2D eigenvalue weighted by Gasteiger charge is -2.33. The summed E-state index contributed by atoms with van der Waals surface area (Å²) in [6.07, 6.45) is 5.69. The normalized spacial score (nSPS) is 18.6. The first kappa shape index (κ1) is 38.4. The number of carbonyl (C=O) groups excluding carboxylic acids is 6. The Labute approximate surface area is 284 Å². The van der Waals surface area contributed by atoms with Gasteiger partial charge in [-0.2, -0.15) is 0 Å². The van der Waals surface area contributed by atoms with Crippen molar-refractivity contribution in [3.8, 4) is 0 Å². The van der Waals surface area contributed by atoms with E-state index < -0.39 is 41.4 Å². The van der Waals surface area contributed by atoms with Crippen molar-refractivity contribution in [3.05, 3.63) is 60.2 Å². The number of aromatic nitrogens is 2. The Morgan fingerprint density at radius 3 is 2.15 bits per heavy atom. The third kappa shape index (κ3) is 9.73. The first-order valence-electron chi connectivity index (χ1n) is 17.3. The second-order valence-corrected chi connectivity index (χ2v) is 13.8. The van der Waals surface area contributed by atoms with Crippen LogP contribution in [0.3, 0.4) is 0 Å². The number of nitrogens with one attached hydrogen (secondary N) is 1. The number of hydrogen-bond donors (Lipinski definition) is 1. The minimum absolute atomic E-state index is 0.0693. The number of nitrogens with zero attached hydrogens (tertiary/aromatic N) is 3. The summed E-state index contributed by atoms with van der Waals surface area (Å²) in [6, 6.07) is 7.98. The van der Waals surface area contributed by atoms with E-state index >= 15 is 0 Å². The Hall–Kier alpha value is -4.08. The Balaban J connectivity index is 1.74. The van der Waals surface area contributed by atoms with Gasteiger partial charge in [0.15, 0.2) is 17.3 Å². The summed E-state index contributed by atoms with van der Waals surface area (Å²) in [5.41, 5.74) is 1.06. The van der Waals surface area contributed by atoms with E-state index in [1.807, 2.05) is 71.9 Å². The predicted molar refractivity (Wildman–Crippen MR) is 183 cm³/mol. The maximum absolute atomic E-state index is 14.2. The van der Waals surface area contributed by atoms with Crippen molar-refractivity contribution < 1.29 is 28.8 Å². The van der Waals surface area contributed by atoms with Crippen molar-refractivity contribution in [1.29, 1.82) is 0 Å². The Kier molecular flexibility index (Phi) is 14.3. The van der Waals surface area contributed by atoms with E-state index in [9.17, 15) is 28.8 Å². The van der Waals surface area contributed by atoms with Gasteiger partial charge in [0.2, 0.25) is 11.7 Å². The summed E-state index contributed by atoms with van der Waals surface area (Å²) in [5.74, 6) is -4.44. The van der Waals surface area contributed by atoms with Gasteiger partial charge in [-0.1, -0.05) is 85.2 Å². The highest BCUT2D eigenvalue weighted by Gasteiger charge is 2.44. The van der Waals surface area contributed by atoms with Gasteiger partial charge in [-0.3, -0.25) is 33.8 Å². The van der Waals surface area contributed by atoms with Gasteiger partial charge < -0.3 is 10.2 Å². The zero-order valence-corrected chi connectivity index (χ0v) is 29.5. The molecule has 0 saturated carbocycles. The van der Waals surface area contributed by atoms with Crippen molar-refractivity contribution in [1.82, 2.24) is 20.2 Å². The predicted octanol–water partition coefficient (Wildman–Crippen LogP) is 5.41. The lowest BCUT2D eigenvalue weighted by Crippen LogP contribution is -2.49. The van der Waals surface area contributed by atoms with Gasteiger partial charge in [0.05, 0.1) is 18.3 Å². The van der Waals surface area contributed by atoms with Crippen LogP contribution in [0.4, 0.5) is 0 Å². The van der Waals surface area contributed by atoms with Crippen molar-refractivity contribution in [2.75, 3.05) is 6.54 Å². The molecule has 48 heavy (non-hydrogen) atoms. The molecule has 1 unspecified atom stereocenters. The van der Waals surface area contributed by atoms with Crippen LogP contribution in [-0.2, 0) is 24.0 Å². The summed E-state index contributed by atoms with van der Waals surface area (Å²) < 4.78 is 0. The van der Waals surface area contributed by atoms with E-state index in [2.05, 4.69) is 15.3 Å². The molecular formula is C38H52N4O6. The van der Waals surface area contributed by atoms with Gasteiger partial charge in [0, 0.05) is 50.0 Å². The number of rotatable bonds is 18. The number of benzene rings is 1. The number of hydrogen-bond acceptors (Lipinski definition) is 8. The second kappa shape index (κ2) is 17.9. The minimum atomic E-state index is -0.841. The summed E-state index contributed by atoms with van der Waals surface area (Å²) in [4.78, 5) is 90.5. The standard InChI is InChI=1S/C38H52N4O6/c1-8-26-15-18-42(35(26)32(44)20-27(9-2)36(46)33(45)19-25(7)28-13-11-10-12-14-28)38(48)29(23(3)4)21-31(43)34(24(5)6)41-37(47)30-22-39-16-17-40-30/h10-14,16-17,22-27,29,34-35H,8-9,15,18-21H2,1-7H3,(H,41,47)/t25-,26+,27?,29+,34+,35+/m1/s1.